The molecule has 110 valence electrons. The van der Waals surface area contributed by atoms with E-state index in [1.54, 1.807) is 0 Å². The number of aryl methyl sites for hydroxylation is 1. The highest BCUT2D eigenvalue weighted by molar-refractivity contribution is 6.16. The number of fused-ring (bicyclic) bond motifs is 1. The van der Waals surface area contributed by atoms with Crippen LogP contribution < -0.4 is 0 Å². The third-order valence-electron chi connectivity index (χ3n) is 3.77. The Bertz CT molecular complexity index is 531. The first-order valence-corrected chi connectivity index (χ1v) is 8.26. The Hall–Kier alpha value is -1.02. The fraction of sp³-hybridized carbons (Fsp3) is 0.588. The van der Waals surface area contributed by atoms with Crippen molar-refractivity contribution in [2.45, 2.75) is 58.4 Å². The summed E-state index contributed by atoms with van der Waals surface area (Å²) < 4.78 is 2.28. The summed E-state index contributed by atoms with van der Waals surface area (Å²) in [6.07, 6.45) is 6.54. The van der Waals surface area contributed by atoms with Crippen LogP contribution in [0.15, 0.2) is 24.3 Å². The molecule has 2 rings (SSSR count). The van der Waals surface area contributed by atoms with Gasteiger partial charge in [0.2, 0.25) is 0 Å². The van der Waals surface area contributed by atoms with Crippen molar-refractivity contribution in [1.82, 2.24) is 9.55 Å². The third kappa shape index (κ3) is 3.99. The first-order chi connectivity index (χ1) is 9.72. The Balaban J connectivity index is 1.89. The predicted molar refractivity (Wildman–Crippen MR) is 87.2 cm³/mol. The van der Waals surface area contributed by atoms with Gasteiger partial charge in [-0.1, -0.05) is 51.7 Å². The van der Waals surface area contributed by atoms with Gasteiger partial charge in [-0.05, 0) is 24.5 Å². The number of aromatic nitrogens is 2. The number of nitrogens with zero attached hydrogens (tertiary/aromatic N) is 2. The van der Waals surface area contributed by atoms with Crippen LogP contribution in [-0.2, 0) is 12.4 Å². The van der Waals surface area contributed by atoms with E-state index in [4.69, 9.17) is 11.6 Å². The quantitative estimate of drug-likeness (QED) is 0.472. The van der Waals surface area contributed by atoms with Gasteiger partial charge >= 0.3 is 0 Å². The van der Waals surface area contributed by atoms with Gasteiger partial charge in [0.05, 0.1) is 16.9 Å². The number of alkyl halides is 1. The van der Waals surface area contributed by atoms with E-state index in [2.05, 4.69) is 41.6 Å². The van der Waals surface area contributed by atoms with Gasteiger partial charge < -0.3 is 4.57 Å². The van der Waals surface area contributed by atoms with Crippen molar-refractivity contribution in [3.63, 3.8) is 0 Å². The lowest BCUT2D eigenvalue weighted by molar-refractivity contribution is 0.505. The van der Waals surface area contributed by atoms with Crippen molar-refractivity contribution in [3.05, 3.63) is 30.1 Å². The first kappa shape index (κ1) is 15.4. The number of benzene rings is 1. The van der Waals surface area contributed by atoms with Gasteiger partial charge in [-0.3, -0.25) is 0 Å². The minimum Gasteiger partial charge on any atom is -0.327 e. The molecule has 2 nitrogen and oxygen atoms in total. The van der Waals surface area contributed by atoms with Crippen LogP contribution in [0.1, 0.15) is 51.8 Å². The smallest absolute Gasteiger partial charge is 0.124 e. The molecule has 0 atom stereocenters. The standard InChI is InChI=1S/C17H25ClN2/c1-14(2)9-5-3-4-8-12-20-16-11-7-6-10-15(16)19-17(20)13-18/h6-7,10-11,14H,3-5,8-9,12-13H2,1-2H3. The molecule has 2 aromatic rings. The highest BCUT2D eigenvalue weighted by Gasteiger charge is 2.08. The molecule has 0 aliphatic rings. The number of hydrogen-bond donors (Lipinski definition) is 0. The number of rotatable bonds is 8. The van der Waals surface area contributed by atoms with E-state index in [9.17, 15) is 0 Å². The second-order valence-electron chi connectivity index (χ2n) is 5.90. The lowest BCUT2D eigenvalue weighted by Crippen LogP contribution is -2.02. The topological polar surface area (TPSA) is 17.8 Å². The highest BCUT2D eigenvalue weighted by Crippen LogP contribution is 2.19. The molecular weight excluding hydrogens is 268 g/mol. The number of unbranched alkanes of at least 4 members (excludes halogenated alkanes) is 3. The normalized spacial score (nSPS) is 11.6. The molecule has 0 spiro atoms. The number of imidazole rings is 1. The maximum absolute atomic E-state index is 6.02. The molecule has 0 bridgehead atoms. The van der Waals surface area contributed by atoms with E-state index in [0.717, 1.165) is 23.8 Å². The maximum atomic E-state index is 6.02. The summed E-state index contributed by atoms with van der Waals surface area (Å²) in [5, 5.41) is 0. The Kier molecular flexibility index (Phi) is 5.90. The fourth-order valence-electron chi connectivity index (χ4n) is 2.65. The molecular formula is C17H25ClN2. The molecule has 0 radical (unpaired) electrons. The molecule has 0 fully saturated rings. The summed E-state index contributed by atoms with van der Waals surface area (Å²) in [6.45, 7) is 5.62. The van der Waals surface area contributed by atoms with Gasteiger partial charge in [0.25, 0.3) is 0 Å². The Morgan fingerprint density at radius 2 is 1.85 bits per heavy atom. The summed E-state index contributed by atoms with van der Waals surface area (Å²) in [5.74, 6) is 2.31. The van der Waals surface area contributed by atoms with Crippen LogP contribution in [0.2, 0.25) is 0 Å². The van der Waals surface area contributed by atoms with Gasteiger partial charge in [-0.25, -0.2) is 4.98 Å². The van der Waals surface area contributed by atoms with E-state index >= 15 is 0 Å². The zero-order valence-electron chi connectivity index (χ0n) is 12.6. The van der Waals surface area contributed by atoms with Crippen LogP contribution in [0.25, 0.3) is 11.0 Å². The molecule has 0 N–H and O–H groups in total. The van der Waals surface area contributed by atoms with E-state index in [1.807, 2.05) is 6.07 Å². The molecule has 20 heavy (non-hydrogen) atoms. The summed E-state index contributed by atoms with van der Waals surface area (Å²) in [6, 6.07) is 8.30. The molecule has 3 heteroatoms. The van der Waals surface area contributed by atoms with Gasteiger partial charge in [0.15, 0.2) is 0 Å². The number of hydrogen-bond acceptors (Lipinski definition) is 1. The minimum absolute atomic E-state index is 0.488. The monoisotopic (exact) mass is 292 g/mol. The Labute approximate surface area is 127 Å². The average molecular weight is 293 g/mol. The highest BCUT2D eigenvalue weighted by atomic mass is 35.5. The van der Waals surface area contributed by atoms with Crippen molar-refractivity contribution < 1.29 is 0 Å². The first-order valence-electron chi connectivity index (χ1n) is 7.72. The lowest BCUT2D eigenvalue weighted by atomic mass is 10.0. The van der Waals surface area contributed by atoms with E-state index in [-0.39, 0.29) is 0 Å². The van der Waals surface area contributed by atoms with Crippen molar-refractivity contribution in [2.24, 2.45) is 5.92 Å². The van der Waals surface area contributed by atoms with Gasteiger partial charge in [-0.2, -0.15) is 0 Å². The minimum atomic E-state index is 0.488. The summed E-state index contributed by atoms with van der Waals surface area (Å²) in [4.78, 5) is 4.60. The second kappa shape index (κ2) is 7.68. The zero-order valence-corrected chi connectivity index (χ0v) is 13.4. The van der Waals surface area contributed by atoms with Gasteiger partial charge in [0.1, 0.15) is 5.82 Å². The summed E-state index contributed by atoms with van der Waals surface area (Å²) >= 11 is 6.02. The van der Waals surface area contributed by atoms with Crippen molar-refractivity contribution >= 4 is 22.6 Å². The molecule has 0 amide bonds. The number of para-hydroxylation sites is 2. The van der Waals surface area contributed by atoms with E-state index < -0.39 is 0 Å². The van der Waals surface area contributed by atoms with Crippen LogP contribution in [0, 0.1) is 5.92 Å². The van der Waals surface area contributed by atoms with Crippen LogP contribution in [0.5, 0.6) is 0 Å². The average Bonchev–Trinajstić information content (AvgIpc) is 2.80. The van der Waals surface area contributed by atoms with Gasteiger partial charge in [-0.15, -0.1) is 11.6 Å². The molecule has 1 aromatic carbocycles. The molecule has 0 aliphatic carbocycles. The molecule has 0 saturated heterocycles. The van der Waals surface area contributed by atoms with Crippen molar-refractivity contribution in [1.29, 1.82) is 0 Å². The van der Waals surface area contributed by atoms with Crippen molar-refractivity contribution in [2.75, 3.05) is 0 Å². The number of halogens is 1. The summed E-state index contributed by atoms with van der Waals surface area (Å²) in [5.41, 5.74) is 2.27. The third-order valence-corrected chi connectivity index (χ3v) is 4.01. The molecule has 1 heterocycles. The SMILES string of the molecule is CC(C)CCCCCCn1c(CCl)nc2ccccc21. The molecule has 0 saturated carbocycles. The largest absolute Gasteiger partial charge is 0.327 e. The Morgan fingerprint density at radius 3 is 2.60 bits per heavy atom. The molecule has 0 unspecified atom stereocenters. The van der Waals surface area contributed by atoms with Gasteiger partial charge in [0, 0.05) is 6.54 Å². The molecule has 1 aromatic heterocycles. The fourth-order valence-corrected chi connectivity index (χ4v) is 2.86. The van der Waals surface area contributed by atoms with Crippen LogP contribution in [0.3, 0.4) is 0 Å². The second-order valence-corrected chi connectivity index (χ2v) is 6.17. The van der Waals surface area contributed by atoms with Crippen LogP contribution >= 0.6 is 11.6 Å². The van der Waals surface area contributed by atoms with Crippen LogP contribution in [0.4, 0.5) is 0 Å². The van der Waals surface area contributed by atoms with Crippen molar-refractivity contribution in [3.8, 4) is 0 Å². The maximum Gasteiger partial charge on any atom is 0.124 e. The summed E-state index contributed by atoms with van der Waals surface area (Å²) in [7, 11) is 0. The van der Waals surface area contributed by atoms with Crippen LogP contribution in [-0.4, -0.2) is 9.55 Å². The zero-order chi connectivity index (χ0) is 14.4. The molecule has 0 aliphatic heterocycles. The Morgan fingerprint density at radius 1 is 1.10 bits per heavy atom. The lowest BCUT2D eigenvalue weighted by Gasteiger charge is -2.08. The van der Waals surface area contributed by atoms with E-state index in [1.165, 1.54) is 37.6 Å². The predicted octanol–water partition coefficient (Wildman–Crippen LogP) is 5.38. The van der Waals surface area contributed by atoms with E-state index in [0.29, 0.717) is 5.88 Å².